The highest BCUT2D eigenvalue weighted by atomic mass is 16.5. The molecule has 1 aromatic carbocycles. The molecule has 0 radical (unpaired) electrons. The van der Waals surface area contributed by atoms with E-state index in [0.29, 0.717) is 6.04 Å². The van der Waals surface area contributed by atoms with Crippen molar-refractivity contribution in [1.29, 1.82) is 0 Å². The fourth-order valence-electron chi connectivity index (χ4n) is 1.74. The van der Waals surface area contributed by atoms with Crippen LogP contribution in [0.2, 0.25) is 0 Å². The van der Waals surface area contributed by atoms with Crippen molar-refractivity contribution in [3.05, 3.63) is 29.3 Å². The number of aryl methyl sites for hydroxylation is 1. The summed E-state index contributed by atoms with van der Waals surface area (Å²) in [5.41, 5.74) is 2.51. The summed E-state index contributed by atoms with van der Waals surface area (Å²) in [7, 11) is 3.44. The predicted octanol–water partition coefficient (Wildman–Crippen LogP) is 1.10. The molecule has 0 unspecified atom stereocenters. The zero-order valence-electron chi connectivity index (χ0n) is 10.6. The van der Waals surface area contributed by atoms with E-state index in [1.807, 2.05) is 6.07 Å². The smallest absolute Gasteiger partial charge is 0.121 e. The molecular weight excluding hydrogens is 202 g/mol. The maximum absolute atomic E-state index is 5.23. The van der Waals surface area contributed by atoms with Gasteiger partial charge in [0.25, 0.3) is 0 Å². The number of quaternary nitrogens is 1. The van der Waals surface area contributed by atoms with E-state index >= 15 is 0 Å². The maximum Gasteiger partial charge on any atom is 0.121 e. The molecule has 0 aliphatic rings. The minimum atomic E-state index is 0.493. The Hall–Kier alpha value is -1.06. The number of rotatable bonds is 6. The molecule has 0 aliphatic heterocycles. The summed E-state index contributed by atoms with van der Waals surface area (Å²) < 4.78 is 10.3. The van der Waals surface area contributed by atoms with E-state index in [2.05, 4.69) is 31.3 Å². The Balaban J connectivity index is 2.51. The minimum Gasteiger partial charge on any atom is -0.496 e. The van der Waals surface area contributed by atoms with Crippen LogP contribution in [0, 0.1) is 6.92 Å². The van der Waals surface area contributed by atoms with Gasteiger partial charge in [-0.05, 0) is 37.6 Å². The van der Waals surface area contributed by atoms with Crippen molar-refractivity contribution in [3.63, 3.8) is 0 Å². The molecular formula is C13H22NO2+. The van der Waals surface area contributed by atoms with Gasteiger partial charge in [0.2, 0.25) is 0 Å². The van der Waals surface area contributed by atoms with Gasteiger partial charge in [-0.25, -0.2) is 0 Å². The molecule has 2 N–H and O–H groups in total. The Bertz CT molecular complexity index is 326. The Morgan fingerprint density at radius 3 is 2.62 bits per heavy atom. The first-order chi connectivity index (χ1) is 7.67. The first kappa shape index (κ1) is 13.0. The lowest BCUT2D eigenvalue weighted by atomic mass is 10.1. The summed E-state index contributed by atoms with van der Waals surface area (Å²) in [5.74, 6) is 0.952. The predicted molar refractivity (Wildman–Crippen MR) is 64.7 cm³/mol. The van der Waals surface area contributed by atoms with E-state index in [4.69, 9.17) is 9.47 Å². The third kappa shape index (κ3) is 3.83. The second kappa shape index (κ2) is 6.51. The van der Waals surface area contributed by atoms with Crippen LogP contribution in [0.15, 0.2) is 18.2 Å². The monoisotopic (exact) mass is 224 g/mol. The Morgan fingerprint density at radius 2 is 2.06 bits per heavy atom. The molecule has 1 rings (SSSR count). The van der Waals surface area contributed by atoms with E-state index in [0.717, 1.165) is 18.9 Å². The van der Waals surface area contributed by atoms with Crippen LogP contribution in [0.3, 0.4) is 0 Å². The van der Waals surface area contributed by atoms with Crippen LogP contribution >= 0.6 is 0 Å². The van der Waals surface area contributed by atoms with Crippen LogP contribution in [0.5, 0.6) is 5.75 Å². The molecule has 3 heteroatoms. The summed E-state index contributed by atoms with van der Waals surface area (Å²) >= 11 is 0. The summed E-state index contributed by atoms with van der Waals surface area (Å²) in [5, 5.41) is 2.28. The largest absolute Gasteiger partial charge is 0.496 e. The van der Waals surface area contributed by atoms with Gasteiger partial charge < -0.3 is 14.8 Å². The van der Waals surface area contributed by atoms with Gasteiger partial charge in [0.15, 0.2) is 0 Å². The number of hydrogen-bond acceptors (Lipinski definition) is 2. The zero-order chi connectivity index (χ0) is 12.0. The molecule has 0 aromatic heterocycles. The van der Waals surface area contributed by atoms with Gasteiger partial charge in [-0.3, -0.25) is 0 Å². The average Bonchev–Trinajstić information content (AvgIpc) is 2.27. The van der Waals surface area contributed by atoms with Crippen molar-refractivity contribution < 1.29 is 14.8 Å². The quantitative estimate of drug-likeness (QED) is 0.785. The van der Waals surface area contributed by atoms with E-state index in [1.165, 1.54) is 11.1 Å². The Morgan fingerprint density at radius 1 is 1.31 bits per heavy atom. The summed E-state index contributed by atoms with van der Waals surface area (Å²) in [4.78, 5) is 0. The standard InChI is InChI=1S/C13H21NO2/c1-10-7-12(5-6-13(10)16-4)8-14-11(2)9-15-3/h5-7,11,14H,8-9H2,1-4H3/p+1/t11-/m0/s1. The highest BCUT2D eigenvalue weighted by Crippen LogP contribution is 2.17. The molecule has 0 bridgehead atoms. The highest BCUT2D eigenvalue weighted by molar-refractivity contribution is 5.35. The third-order valence-corrected chi connectivity index (χ3v) is 2.64. The van der Waals surface area contributed by atoms with Crippen molar-refractivity contribution >= 4 is 0 Å². The molecule has 0 aliphatic carbocycles. The van der Waals surface area contributed by atoms with E-state index in [-0.39, 0.29) is 0 Å². The number of nitrogens with two attached hydrogens (primary N) is 1. The molecule has 0 heterocycles. The molecule has 90 valence electrons. The van der Waals surface area contributed by atoms with Crippen LogP contribution in [0.1, 0.15) is 18.1 Å². The van der Waals surface area contributed by atoms with E-state index in [9.17, 15) is 0 Å². The number of ether oxygens (including phenoxy) is 2. The van der Waals surface area contributed by atoms with Crippen LogP contribution < -0.4 is 10.1 Å². The third-order valence-electron chi connectivity index (χ3n) is 2.64. The van der Waals surface area contributed by atoms with Crippen molar-refractivity contribution in [3.8, 4) is 5.75 Å². The van der Waals surface area contributed by atoms with Crippen LogP contribution in [-0.2, 0) is 11.3 Å². The van der Waals surface area contributed by atoms with Gasteiger partial charge >= 0.3 is 0 Å². The van der Waals surface area contributed by atoms with Crippen LogP contribution in [0.4, 0.5) is 0 Å². The van der Waals surface area contributed by atoms with Crippen molar-refractivity contribution in [2.45, 2.75) is 26.4 Å². The van der Waals surface area contributed by atoms with Gasteiger partial charge in [-0.2, -0.15) is 0 Å². The van der Waals surface area contributed by atoms with Gasteiger partial charge in [0.1, 0.15) is 18.3 Å². The first-order valence-corrected chi connectivity index (χ1v) is 5.63. The molecule has 0 fully saturated rings. The minimum absolute atomic E-state index is 0.493. The lowest BCUT2D eigenvalue weighted by molar-refractivity contribution is -0.702. The molecule has 0 amide bonds. The second-order valence-corrected chi connectivity index (χ2v) is 4.18. The summed E-state index contributed by atoms with van der Waals surface area (Å²) in [6.07, 6.45) is 0. The Labute approximate surface area is 97.8 Å². The second-order valence-electron chi connectivity index (χ2n) is 4.18. The lowest BCUT2D eigenvalue weighted by Gasteiger charge is -2.11. The SMILES string of the molecule is COC[C@H](C)[NH2+]Cc1ccc(OC)c(C)c1. The fraction of sp³-hybridized carbons (Fsp3) is 0.538. The van der Waals surface area contributed by atoms with Crippen molar-refractivity contribution in [2.24, 2.45) is 0 Å². The van der Waals surface area contributed by atoms with Gasteiger partial charge in [0.05, 0.1) is 13.7 Å². The first-order valence-electron chi connectivity index (χ1n) is 5.63. The highest BCUT2D eigenvalue weighted by Gasteiger charge is 2.05. The molecule has 16 heavy (non-hydrogen) atoms. The molecule has 0 saturated carbocycles. The van der Waals surface area contributed by atoms with Gasteiger partial charge in [-0.1, -0.05) is 0 Å². The van der Waals surface area contributed by atoms with E-state index in [1.54, 1.807) is 14.2 Å². The van der Waals surface area contributed by atoms with Gasteiger partial charge in [0, 0.05) is 12.7 Å². The molecule has 0 spiro atoms. The maximum atomic E-state index is 5.23. The molecule has 3 nitrogen and oxygen atoms in total. The molecule has 1 aromatic rings. The number of benzene rings is 1. The van der Waals surface area contributed by atoms with Crippen LogP contribution in [-0.4, -0.2) is 26.9 Å². The van der Waals surface area contributed by atoms with Crippen LogP contribution in [0.25, 0.3) is 0 Å². The number of hydrogen-bond donors (Lipinski definition) is 1. The molecule has 0 saturated heterocycles. The van der Waals surface area contributed by atoms with E-state index < -0.39 is 0 Å². The fourth-order valence-corrected chi connectivity index (χ4v) is 1.74. The lowest BCUT2D eigenvalue weighted by Crippen LogP contribution is -2.88. The van der Waals surface area contributed by atoms with Crippen molar-refractivity contribution in [2.75, 3.05) is 20.8 Å². The summed E-state index contributed by atoms with van der Waals surface area (Å²) in [6.45, 7) is 6.01. The van der Waals surface area contributed by atoms with Crippen molar-refractivity contribution in [1.82, 2.24) is 0 Å². The summed E-state index contributed by atoms with van der Waals surface area (Å²) in [6, 6.07) is 6.81. The Kier molecular flexibility index (Phi) is 5.29. The molecule has 1 atom stereocenters. The normalized spacial score (nSPS) is 12.5. The number of methoxy groups -OCH3 is 2. The van der Waals surface area contributed by atoms with Gasteiger partial charge in [-0.15, -0.1) is 0 Å². The average molecular weight is 224 g/mol. The topological polar surface area (TPSA) is 35.1 Å². The zero-order valence-corrected chi connectivity index (χ0v) is 10.6.